The van der Waals surface area contributed by atoms with Gasteiger partial charge in [-0.1, -0.05) is 6.07 Å². The van der Waals surface area contributed by atoms with Gasteiger partial charge in [0.2, 0.25) is 0 Å². The van der Waals surface area contributed by atoms with Gasteiger partial charge < -0.3 is 4.90 Å². The number of hydrogen-bond acceptors (Lipinski definition) is 3. The van der Waals surface area contributed by atoms with Crippen LogP contribution in [0.3, 0.4) is 0 Å². The number of thiophene rings is 1. The average Bonchev–Trinajstić information content (AvgIpc) is 3.17. The molecular formula is C17H19NOS2. The Morgan fingerprint density at radius 3 is 2.95 bits per heavy atom. The van der Waals surface area contributed by atoms with Crippen molar-refractivity contribution in [1.82, 2.24) is 4.90 Å². The molecular weight excluding hydrogens is 298 g/mol. The summed E-state index contributed by atoms with van der Waals surface area (Å²) in [6, 6.07) is 8.56. The summed E-state index contributed by atoms with van der Waals surface area (Å²) in [7, 11) is 0. The Morgan fingerprint density at radius 1 is 1.38 bits per heavy atom. The second-order valence-corrected chi connectivity index (χ2v) is 7.05. The van der Waals surface area contributed by atoms with Gasteiger partial charge in [0.25, 0.3) is 5.91 Å². The number of thioether (sulfide) groups is 1. The van der Waals surface area contributed by atoms with Gasteiger partial charge in [-0.05, 0) is 66.1 Å². The molecule has 21 heavy (non-hydrogen) atoms. The molecule has 0 bridgehead atoms. The van der Waals surface area contributed by atoms with Crippen molar-refractivity contribution in [2.24, 2.45) is 0 Å². The van der Waals surface area contributed by atoms with Crippen LogP contribution in [0.4, 0.5) is 0 Å². The summed E-state index contributed by atoms with van der Waals surface area (Å²) in [6.45, 7) is 2.88. The molecule has 1 aromatic heterocycles. The number of nitrogens with zero attached hydrogens (tertiary/aromatic N) is 1. The molecule has 110 valence electrons. The second-order valence-electron chi connectivity index (χ2n) is 5.39. The van der Waals surface area contributed by atoms with Crippen LogP contribution in [0.1, 0.15) is 40.4 Å². The normalized spacial score (nSPS) is 18.2. The molecule has 1 atom stereocenters. The largest absolute Gasteiger partial charge is 0.332 e. The highest BCUT2D eigenvalue weighted by atomic mass is 32.2. The molecule has 0 spiro atoms. The van der Waals surface area contributed by atoms with Gasteiger partial charge in [0.1, 0.15) is 0 Å². The van der Waals surface area contributed by atoms with E-state index in [2.05, 4.69) is 33.9 Å². The quantitative estimate of drug-likeness (QED) is 0.761. The standard InChI is InChI=1S/C17H19NOS2/c1-12-5-6-14(20-2)10-15(12)17(19)18-8-3-4-16(18)13-7-9-21-11-13/h5-7,9-11,16H,3-4,8H2,1-2H3/t16-/m0/s1. The Hall–Kier alpha value is -1.26. The highest BCUT2D eigenvalue weighted by Crippen LogP contribution is 2.34. The lowest BCUT2D eigenvalue weighted by Crippen LogP contribution is -2.30. The zero-order chi connectivity index (χ0) is 14.8. The fourth-order valence-electron chi connectivity index (χ4n) is 2.93. The third kappa shape index (κ3) is 2.87. The highest BCUT2D eigenvalue weighted by Gasteiger charge is 2.31. The van der Waals surface area contributed by atoms with E-state index in [4.69, 9.17) is 0 Å². The third-order valence-corrected chi connectivity index (χ3v) is 5.54. The van der Waals surface area contributed by atoms with E-state index in [1.165, 1.54) is 5.56 Å². The van der Waals surface area contributed by atoms with Crippen LogP contribution in [0.5, 0.6) is 0 Å². The van der Waals surface area contributed by atoms with Gasteiger partial charge in [0, 0.05) is 17.0 Å². The van der Waals surface area contributed by atoms with Gasteiger partial charge in [-0.15, -0.1) is 11.8 Å². The predicted molar refractivity (Wildman–Crippen MR) is 90.3 cm³/mol. The summed E-state index contributed by atoms with van der Waals surface area (Å²) in [4.78, 5) is 16.2. The SMILES string of the molecule is CSc1ccc(C)c(C(=O)N2CCC[C@H]2c2ccsc2)c1. The number of amides is 1. The van der Waals surface area contributed by atoms with Crippen LogP contribution in [0.15, 0.2) is 39.9 Å². The fourth-order valence-corrected chi connectivity index (χ4v) is 4.08. The number of carbonyl (C=O) groups excluding carboxylic acids is 1. The van der Waals surface area contributed by atoms with Crippen molar-refractivity contribution in [2.45, 2.75) is 30.7 Å². The van der Waals surface area contributed by atoms with Crippen LogP contribution in [-0.2, 0) is 0 Å². The van der Waals surface area contributed by atoms with Crippen molar-refractivity contribution in [3.8, 4) is 0 Å². The number of carbonyl (C=O) groups is 1. The van der Waals surface area contributed by atoms with Gasteiger partial charge in [0.05, 0.1) is 6.04 Å². The minimum Gasteiger partial charge on any atom is -0.332 e. The topological polar surface area (TPSA) is 20.3 Å². The first-order valence-electron chi connectivity index (χ1n) is 7.18. The maximum absolute atomic E-state index is 13.0. The number of rotatable bonds is 3. The Labute approximate surface area is 134 Å². The molecule has 1 aromatic carbocycles. The number of likely N-dealkylation sites (tertiary alicyclic amines) is 1. The maximum atomic E-state index is 13.0. The van der Waals surface area contributed by atoms with Crippen molar-refractivity contribution in [1.29, 1.82) is 0 Å². The number of benzene rings is 1. The molecule has 0 radical (unpaired) electrons. The highest BCUT2D eigenvalue weighted by molar-refractivity contribution is 7.98. The van der Waals surface area contributed by atoms with E-state index in [0.29, 0.717) is 0 Å². The summed E-state index contributed by atoms with van der Waals surface area (Å²) in [6.07, 6.45) is 4.21. The summed E-state index contributed by atoms with van der Waals surface area (Å²) in [5, 5.41) is 4.26. The first kappa shape index (κ1) is 14.7. The van der Waals surface area contributed by atoms with Crippen LogP contribution in [-0.4, -0.2) is 23.6 Å². The predicted octanol–water partition coefficient (Wildman–Crippen LogP) is 4.76. The lowest BCUT2D eigenvalue weighted by Gasteiger charge is -2.25. The molecule has 3 rings (SSSR count). The summed E-state index contributed by atoms with van der Waals surface area (Å²) in [5.74, 6) is 0.178. The zero-order valence-corrected chi connectivity index (χ0v) is 14.0. The molecule has 0 N–H and O–H groups in total. The van der Waals surface area contributed by atoms with E-state index < -0.39 is 0 Å². The Balaban J connectivity index is 1.91. The lowest BCUT2D eigenvalue weighted by atomic mass is 10.1. The van der Waals surface area contributed by atoms with E-state index in [-0.39, 0.29) is 11.9 Å². The van der Waals surface area contributed by atoms with Gasteiger partial charge >= 0.3 is 0 Å². The Kier molecular flexibility index (Phi) is 4.36. The van der Waals surface area contributed by atoms with Gasteiger partial charge in [0.15, 0.2) is 0 Å². The minimum absolute atomic E-state index is 0.178. The molecule has 0 unspecified atom stereocenters. The van der Waals surface area contributed by atoms with E-state index in [0.717, 1.165) is 35.4 Å². The van der Waals surface area contributed by atoms with Crippen LogP contribution in [0.2, 0.25) is 0 Å². The zero-order valence-electron chi connectivity index (χ0n) is 12.3. The third-order valence-electron chi connectivity index (χ3n) is 4.12. The van der Waals surface area contributed by atoms with Gasteiger partial charge in [-0.2, -0.15) is 11.3 Å². The van der Waals surface area contributed by atoms with Crippen molar-refractivity contribution >= 4 is 29.0 Å². The fraction of sp³-hybridized carbons (Fsp3) is 0.353. The Bertz CT molecular complexity index is 636. The van der Waals surface area contributed by atoms with Crippen molar-refractivity contribution in [3.05, 3.63) is 51.7 Å². The first-order valence-corrected chi connectivity index (χ1v) is 9.35. The van der Waals surface area contributed by atoms with Crippen LogP contribution in [0, 0.1) is 6.92 Å². The lowest BCUT2D eigenvalue weighted by molar-refractivity contribution is 0.0735. The molecule has 1 saturated heterocycles. The molecule has 1 aliphatic heterocycles. The molecule has 1 aliphatic rings. The smallest absolute Gasteiger partial charge is 0.254 e. The first-order chi connectivity index (χ1) is 10.2. The molecule has 2 aromatic rings. The number of hydrogen-bond donors (Lipinski definition) is 0. The monoisotopic (exact) mass is 317 g/mol. The minimum atomic E-state index is 0.178. The molecule has 0 saturated carbocycles. The van der Waals surface area contributed by atoms with Crippen LogP contribution < -0.4 is 0 Å². The van der Waals surface area contributed by atoms with Crippen molar-refractivity contribution in [2.75, 3.05) is 12.8 Å². The van der Waals surface area contributed by atoms with Gasteiger partial charge in [-0.3, -0.25) is 4.79 Å². The summed E-state index contributed by atoms with van der Waals surface area (Å²) in [5.41, 5.74) is 3.20. The number of aryl methyl sites for hydroxylation is 1. The molecule has 2 heterocycles. The van der Waals surface area contributed by atoms with Crippen molar-refractivity contribution < 1.29 is 4.79 Å². The molecule has 0 aliphatic carbocycles. The van der Waals surface area contributed by atoms with E-state index in [1.807, 2.05) is 19.2 Å². The van der Waals surface area contributed by atoms with Gasteiger partial charge in [-0.25, -0.2) is 0 Å². The average molecular weight is 317 g/mol. The molecule has 4 heteroatoms. The van der Waals surface area contributed by atoms with E-state index in [9.17, 15) is 4.79 Å². The van der Waals surface area contributed by atoms with Crippen molar-refractivity contribution in [3.63, 3.8) is 0 Å². The van der Waals surface area contributed by atoms with E-state index in [1.54, 1.807) is 23.1 Å². The molecule has 1 fully saturated rings. The van der Waals surface area contributed by atoms with Crippen LogP contribution in [0.25, 0.3) is 0 Å². The molecule has 2 nitrogen and oxygen atoms in total. The second kappa shape index (κ2) is 6.24. The Morgan fingerprint density at radius 2 is 2.24 bits per heavy atom. The molecule has 1 amide bonds. The van der Waals surface area contributed by atoms with E-state index >= 15 is 0 Å². The maximum Gasteiger partial charge on any atom is 0.254 e. The van der Waals surface area contributed by atoms with Crippen LogP contribution >= 0.6 is 23.1 Å². The summed E-state index contributed by atoms with van der Waals surface area (Å²) < 4.78 is 0. The summed E-state index contributed by atoms with van der Waals surface area (Å²) >= 11 is 3.39.